The van der Waals surface area contributed by atoms with Crippen molar-refractivity contribution in [1.82, 2.24) is 15.5 Å². The fraction of sp³-hybridized carbons (Fsp3) is 0.640. The number of hydrogen-bond donors (Lipinski definition) is 2. The number of alkyl carbamates (subject to hydrolysis) is 1. The number of ether oxygens (including phenoxy) is 1. The molecular weight excluding hydrogens is 406 g/mol. The highest BCUT2D eigenvalue weighted by molar-refractivity contribution is 5.92. The molecule has 0 saturated heterocycles. The molecule has 7 nitrogen and oxygen atoms in total. The monoisotopic (exact) mass is 447 g/mol. The maximum absolute atomic E-state index is 13.5. The Balaban J connectivity index is 3.41. The molecule has 1 rings (SSSR count). The zero-order valence-electron chi connectivity index (χ0n) is 21.5. The number of nitrogens with zero attached hydrogens (tertiary/aromatic N) is 1. The van der Waals surface area contributed by atoms with Crippen LogP contribution in [0.25, 0.3) is 0 Å². The Kier molecular flexibility index (Phi) is 8.90. The lowest BCUT2D eigenvalue weighted by Crippen LogP contribution is -2.55. The van der Waals surface area contributed by atoms with Gasteiger partial charge in [0.15, 0.2) is 0 Å². The van der Waals surface area contributed by atoms with Crippen molar-refractivity contribution in [2.45, 2.75) is 105 Å². The second-order valence-corrected chi connectivity index (χ2v) is 10.7. The molecule has 1 aromatic carbocycles. The molecule has 0 radical (unpaired) electrons. The summed E-state index contributed by atoms with van der Waals surface area (Å²) in [6.07, 6.45) is -0.676. The van der Waals surface area contributed by atoms with E-state index in [2.05, 4.69) is 10.6 Å². The molecule has 0 aromatic heterocycles. The van der Waals surface area contributed by atoms with Crippen molar-refractivity contribution in [2.24, 2.45) is 0 Å². The van der Waals surface area contributed by atoms with Gasteiger partial charge in [0.1, 0.15) is 17.7 Å². The van der Waals surface area contributed by atoms with Gasteiger partial charge in [-0.25, -0.2) is 4.79 Å². The molecular formula is C25H41N3O4. The van der Waals surface area contributed by atoms with Crippen LogP contribution in [-0.2, 0) is 14.3 Å². The smallest absolute Gasteiger partial charge is 0.408 e. The lowest BCUT2D eigenvalue weighted by molar-refractivity contribution is -0.144. The van der Waals surface area contributed by atoms with Crippen molar-refractivity contribution >= 4 is 17.9 Å². The molecule has 2 atom stereocenters. The van der Waals surface area contributed by atoms with Crippen LogP contribution in [0, 0.1) is 13.8 Å². The van der Waals surface area contributed by atoms with E-state index >= 15 is 0 Å². The van der Waals surface area contributed by atoms with Crippen LogP contribution in [0.3, 0.4) is 0 Å². The van der Waals surface area contributed by atoms with Gasteiger partial charge in [-0.05, 0) is 87.3 Å². The van der Waals surface area contributed by atoms with E-state index in [-0.39, 0.29) is 17.9 Å². The summed E-state index contributed by atoms with van der Waals surface area (Å²) in [5.74, 6) is -0.626. The number of hydrogen-bond acceptors (Lipinski definition) is 4. The minimum atomic E-state index is -0.873. The number of carbonyl (C=O) groups excluding carboxylic acids is 3. The number of carbonyl (C=O) groups is 3. The molecule has 32 heavy (non-hydrogen) atoms. The Hall–Kier alpha value is -2.57. The predicted octanol–water partition coefficient (Wildman–Crippen LogP) is 4.41. The number of nitrogens with one attached hydrogen (secondary N) is 2. The molecule has 0 aliphatic carbocycles. The van der Waals surface area contributed by atoms with Crippen LogP contribution in [0.15, 0.2) is 18.2 Å². The quantitative estimate of drug-likeness (QED) is 0.676. The maximum Gasteiger partial charge on any atom is 0.408 e. The van der Waals surface area contributed by atoms with Gasteiger partial charge in [-0.1, -0.05) is 23.8 Å². The zero-order valence-corrected chi connectivity index (χ0v) is 21.5. The molecule has 0 bridgehead atoms. The summed E-state index contributed by atoms with van der Waals surface area (Å²) in [7, 11) is 0. The van der Waals surface area contributed by atoms with E-state index in [0.717, 1.165) is 16.7 Å². The van der Waals surface area contributed by atoms with Crippen molar-refractivity contribution < 1.29 is 19.1 Å². The average molecular weight is 448 g/mol. The molecule has 0 aliphatic rings. The average Bonchev–Trinajstić information content (AvgIpc) is 2.57. The Morgan fingerprint density at radius 3 is 2.00 bits per heavy atom. The van der Waals surface area contributed by atoms with Crippen molar-refractivity contribution in [1.29, 1.82) is 0 Å². The van der Waals surface area contributed by atoms with E-state index < -0.39 is 29.3 Å². The molecule has 0 spiro atoms. The van der Waals surface area contributed by atoms with Crippen molar-refractivity contribution in [3.63, 3.8) is 0 Å². The Morgan fingerprint density at radius 1 is 0.969 bits per heavy atom. The van der Waals surface area contributed by atoms with Gasteiger partial charge < -0.3 is 20.3 Å². The molecule has 0 fully saturated rings. The van der Waals surface area contributed by atoms with E-state index in [1.807, 2.05) is 66.7 Å². The summed E-state index contributed by atoms with van der Waals surface area (Å²) in [6, 6.07) is 3.86. The Morgan fingerprint density at radius 2 is 1.53 bits per heavy atom. The number of amides is 3. The first kappa shape index (κ1) is 27.5. The minimum Gasteiger partial charge on any atom is -0.444 e. The first-order valence-corrected chi connectivity index (χ1v) is 11.1. The van der Waals surface area contributed by atoms with Gasteiger partial charge in [-0.2, -0.15) is 0 Å². The second-order valence-electron chi connectivity index (χ2n) is 10.7. The van der Waals surface area contributed by atoms with Gasteiger partial charge in [0.2, 0.25) is 11.8 Å². The summed E-state index contributed by atoms with van der Waals surface area (Å²) >= 11 is 0. The van der Waals surface area contributed by atoms with Crippen LogP contribution in [0.5, 0.6) is 0 Å². The highest BCUT2D eigenvalue weighted by Gasteiger charge is 2.38. The highest BCUT2D eigenvalue weighted by Crippen LogP contribution is 2.29. The first-order valence-electron chi connectivity index (χ1n) is 11.1. The SMILES string of the molecule is Cc1ccc(C)c(C(C(=O)NC(C)(C)C)N(C(=O)C(C)NC(=O)OC(C)(C)C)C(C)C)c1. The Bertz CT molecular complexity index is 835. The molecule has 7 heteroatoms. The number of benzene rings is 1. The molecule has 3 amide bonds. The summed E-state index contributed by atoms with van der Waals surface area (Å²) in [6.45, 7) is 20.2. The van der Waals surface area contributed by atoms with Gasteiger partial charge >= 0.3 is 6.09 Å². The third-order valence-corrected chi connectivity index (χ3v) is 4.67. The third kappa shape index (κ3) is 8.17. The van der Waals surface area contributed by atoms with Gasteiger partial charge in [0.05, 0.1) is 0 Å². The fourth-order valence-electron chi connectivity index (χ4n) is 3.36. The normalized spacial score (nSPS) is 13.9. The van der Waals surface area contributed by atoms with Gasteiger partial charge in [0.25, 0.3) is 0 Å². The van der Waals surface area contributed by atoms with Crippen LogP contribution in [0.4, 0.5) is 4.79 Å². The van der Waals surface area contributed by atoms with Crippen molar-refractivity contribution in [3.05, 3.63) is 34.9 Å². The van der Waals surface area contributed by atoms with Crippen LogP contribution >= 0.6 is 0 Å². The minimum absolute atomic E-state index is 0.266. The van der Waals surface area contributed by atoms with Crippen LogP contribution in [0.1, 0.15) is 85.0 Å². The highest BCUT2D eigenvalue weighted by atomic mass is 16.6. The summed E-state index contributed by atoms with van der Waals surface area (Å²) in [5, 5.41) is 5.63. The molecule has 0 aliphatic heterocycles. The molecule has 180 valence electrons. The molecule has 2 N–H and O–H groups in total. The van der Waals surface area contributed by atoms with E-state index in [1.165, 1.54) is 0 Å². The standard InChI is InChI=1S/C25H41N3O4/c1-15(2)28(22(30)18(5)26-23(31)32-25(9,10)11)20(21(29)27-24(6,7)8)19-14-16(3)12-13-17(19)4/h12-15,18,20H,1-11H3,(H,26,31)(H,27,29). The first-order chi connectivity index (χ1) is 14.4. The number of rotatable bonds is 6. The summed E-state index contributed by atoms with van der Waals surface area (Å²) in [4.78, 5) is 40.8. The van der Waals surface area contributed by atoms with Crippen LogP contribution < -0.4 is 10.6 Å². The van der Waals surface area contributed by atoms with Gasteiger partial charge in [0, 0.05) is 11.6 Å². The Labute approximate surface area is 193 Å². The summed E-state index contributed by atoms with van der Waals surface area (Å²) < 4.78 is 5.29. The second kappa shape index (κ2) is 10.4. The molecule has 0 heterocycles. The van der Waals surface area contributed by atoms with E-state index in [0.29, 0.717) is 0 Å². The van der Waals surface area contributed by atoms with Gasteiger partial charge in [-0.15, -0.1) is 0 Å². The predicted molar refractivity (Wildman–Crippen MR) is 127 cm³/mol. The molecule has 0 saturated carbocycles. The fourth-order valence-corrected chi connectivity index (χ4v) is 3.36. The van der Waals surface area contributed by atoms with Gasteiger partial charge in [-0.3, -0.25) is 9.59 Å². The topological polar surface area (TPSA) is 87.7 Å². The molecule has 2 unspecified atom stereocenters. The lowest BCUT2D eigenvalue weighted by atomic mass is 9.94. The van der Waals surface area contributed by atoms with Crippen LogP contribution in [0.2, 0.25) is 0 Å². The maximum atomic E-state index is 13.5. The molecule has 1 aromatic rings. The largest absolute Gasteiger partial charge is 0.444 e. The van der Waals surface area contributed by atoms with E-state index in [4.69, 9.17) is 4.74 Å². The van der Waals surface area contributed by atoms with Crippen molar-refractivity contribution in [3.8, 4) is 0 Å². The van der Waals surface area contributed by atoms with Crippen molar-refractivity contribution in [2.75, 3.05) is 0 Å². The third-order valence-electron chi connectivity index (χ3n) is 4.67. The lowest BCUT2D eigenvalue weighted by Gasteiger charge is -2.38. The van der Waals surface area contributed by atoms with E-state index in [1.54, 1.807) is 32.6 Å². The number of aryl methyl sites for hydroxylation is 2. The van der Waals surface area contributed by atoms with E-state index in [9.17, 15) is 14.4 Å². The summed E-state index contributed by atoms with van der Waals surface area (Å²) in [5.41, 5.74) is 1.52. The zero-order chi connectivity index (χ0) is 25.0. The van der Waals surface area contributed by atoms with Crippen LogP contribution in [-0.4, -0.2) is 46.0 Å².